The average molecular weight is 245 g/mol. The predicted molar refractivity (Wildman–Crippen MR) is 56.3 cm³/mol. The van der Waals surface area contributed by atoms with E-state index < -0.39 is 15.1 Å². The minimum Gasteiger partial charge on any atom is -0.243 e. The highest BCUT2D eigenvalue weighted by molar-refractivity contribution is 7.92. The summed E-state index contributed by atoms with van der Waals surface area (Å²) >= 11 is 5.49. The fourth-order valence-electron chi connectivity index (χ4n) is 0.904. The number of rotatable bonds is 3. The van der Waals surface area contributed by atoms with E-state index in [1.165, 1.54) is 25.3 Å². The van der Waals surface area contributed by atoms with Gasteiger partial charge in [0.1, 0.15) is 6.07 Å². The van der Waals surface area contributed by atoms with Gasteiger partial charge in [-0.2, -0.15) is 5.26 Å². The van der Waals surface area contributed by atoms with Crippen molar-refractivity contribution in [3.63, 3.8) is 0 Å². The molecule has 4 nitrogen and oxygen atoms in total. The summed E-state index contributed by atoms with van der Waals surface area (Å²) < 4.78 is 23.5. The zero-order chi connectivity index (χ0) is 11.5. The Morgan fingerprint density at radius 3 is 2.67 bits per heavy atom. The molecular weight excluding hydrogens is 236 g/mol. The van der Waals surface area contributed by atoms with Crippen LogP contribution in [0.1, 0.15) is 12.5 Å². The highest BCUT2D eigenvalue weighted by atomic mass is 35.5. The lowest BCUT2D eigenvalue weighted by molar-refractivity contribution is 0.584. The van der Waals surface area contributed by atoms with E-state index in [4.69, 9.17) is 16.9 Å². The molecule has 0 saturated carbocycles. The van der Waals surface area contributed by atoms with Gasteiger partial charge in [-0.3, -0.25) is 0 Å². The molecule has 1 heterocycles. The quantitative estimate of drug-likeness (QED) is 0.753. The van der Waals surface area contributed by atoms with Crippen LogP contribution < -0.4 is 0 Å². The monoisotopic (exact) mass is 244 g/mol. The average Bonchev–Trinajstić information content (AvgIpc) is 2.28. The lowest BCUT2D eigenvalue weighted by Crippen LogP contribution is -2.20. The van der Waals surface area contributed by atoms with Crippen LogP contribution in [-0.4, -0.2) is 24.5 Å². The van der Waals surface area contributed by atoms with Crippen LogP contribution in [-0.2, 0) is 9.84 Å². The number of alkyl halides is 1. The zero-order valence-corrected chi connectivity index (χ0v) is 9.59. The molecule has 6 heteroatoms. The Kier molecular flexibility index (Phi) is 3.66. The summed E-state index contributed by atoms with van der Waals surface area (Å²) in [6.07, 6.45) is 1.23. The van der Waals surface area contributed by atoms with Gasteiger partial charge in [0.25, 0.3) is 0 Å². The standard InChI is InChI=1S/C9H9ClN2O2S/c1-7(4-10)15(13,14)9-3-2-8(5-11)6-12-9/h2-3,6-7H,4H2,1H3. The smallest absolute Gasteiger partial charge is 0.199 e. The maximum absolute atomic E-state index is 11.7. The van der Waals surface area contributed by atoms with E-state index in [-0.39, 0.29) is 10.9 Å². The van der Waals surface area contributed by atoms with Crippen molar-refractivity contribution in [3.8, 4) is 6.07 Å². The van der Waals surface area contributed by atoms with Gasteiger partial charge in [0.2, 0.25) is 0 Å². The second kappa shape index (κ2) is 4.60. The van der Waals surface area contributed by atoms with Crippen LogP contribution in [0.5, 0.6) is 0 Å². The van der Waals surface area contributed by atoms with E-state index in [0.29, 0.717) is 5.56 Å². The lowest BCUT2D eigenvalue weighted by atomic mass is 10.3. The van der Waals surface area contributed by atoms with E-state index in [1.807, 2.05) is 6.07 Å². The molecule has 1 rings (SSSR count). The molecule has 0 aromatic carbocycles. The van der Waals surface area contributed by atoms with Crippen molar-refractivity contribution < 1.29 is 8.42 Å². The first kappa shape index (κ1) is 12.0. The summed E-state index contributed by atoms with van der Waals surface area (Å²) in [4.78, 5) is 3.72. The SMILES string of the molecule is CC(CCl)S(=O)(=O)c1ccc(C#N)cn1. The molecule has 1 atom stereocenters. The van der Waals surface area contributed by atoms with Crippen molar-refractivity contribution in [1.82, 2.24) is 4.98 Å². The summed E-state index contributed by atoms with van der Waals surface area (Å²) in [6.45, 7) is 1.52. The fourth-order valence-corrected chi connectivity index (χ4v) is 2.44. The Balaban J connectivity index is 3.13. The summed E-state index contributed by atoms with van der Waals surface area (Å²) in [5.74, 6) is 0.0179. The number of sulfone groups is 1. The Hall–Kier alpha value is -1.12. The third-order valence-corrected chi connectivity index (χ3v) is 4.60. The highest BCUT2D eigenvalue weighted by Crippen LogP contribution is 2.14. The molecule has 0 aliphatic rings. The van der Waals surface area contributed by atoms with Gasteiger partial charge in [-0.15, -0.1) is 11.6 Å². The third kappa shape index (κ3) is 2.46. The van der Waals surface area contributed by atoms with Gasteiger partial charge in [-0.1, -0.05) is 0 Å². The van der Waals surface area contributed by atoms with E-state index in [2.05, 4.69) is 4.98 Å². The Bertz CT molecular complexity index is 476. The number of nitrogens with zero attached hydrogens (tertiary/aromatic N) is 2. The molecule has 0 aliphatic heterocycles. The topological polar surface area (TPSA) is 70.8 Å². The maximum Gasteiger partial charge on any atom is 0.199 e. The van der Waals surface area contributed by atoms with Gasteiger partial charge in [0.05, 0.1) is 10.8 Å². The van der Waals surface area contributed by atoms with E-state index in [0.717, 1.165) is 0 Å². The molecule has 15 heavy (non-hydrogen) atoms. The predicted octanol–water partition coefficient (Wildman–Crippen LogP) is 1.35. The van der Waals surface area contributed by atoms with E-state index in [9.17, 15) is 8.42 Å². The van der Waals surface area contributed by atoms with E-state index in [1.54, 1.807) is 0 Å². The van der Waals surface area contributed by atoms with Crippen molar-refractivity contribution in [1.29, 1.82) is 5.26 Å². The first-order chi connectivity index (χ1) is 7.02. The lowest BCUT2D eigenvalue weighted by Gasteiger charge is -2.08. The molecule has 0 fully saturated rings. The largest absolute Gasteiger partial charge is 0.243 e. The summed E-state index contributed by atoms with van der Waals surface area (Å²) in [5.41, 5.74) is 0.326. The van der Waals surface area contributed by atoms with Crippen LogP contribution in [0.2, 0.25) is 0 Å². The normalized spacial score (nSPS) is 13.1. The van der Waals surface area contributed by atoms with Gasteiger partial charge in [-0.25, -0.2) is 13.4 Å². The summed E-state index contributed by atoms with van der Waals surface area (Å²) in [5, 5.41) is 7.80. The van der Waals surface area contributed by atoms with Crippen LogP contribution in [0.15, 0.2) is 23.4 Å². The number of hydrogen-bond donors (Lipinski definition) is 0. The number of nitriles is 1. The first-order valence-corrected chi connectivity index (χ1v) is 6.26. The van der Waals surface area contributed by atoms with Crippen molar-refractivity contribution in [3.05, 3.63) is 23.9 Å². The van der Waals surface area contributed by atoms with Crippen LogP contribution in [0.25, 0.3) is 0 Å². The summed E-state index contributed by atoms with van der Waals surface area (Å²) in [6, 6.07) is 4.60. The minimum absolute atomic E-state index is 0.0179. The zero-order valence-electron chi connectivity index (χ0n) is 8.01. The Labute approximate surface area is 93.4 Å². The molecule has 0 N–H and O–H groups in total. The van der Waals surface area contributed by atoms with Gasteiger partial charge >= 0.3 is 0 Å². The number of aromatic nitrogens is 1. The molecule has 1 aromatic heterocycles. The molecule has 0 aliphatic carbocycles. The molecule has 0 radical (unpaired) electrons. The van der Waals surface area contributed by atoms with Gasteiger partial charge < -0.3 is 0 Å². The molecule has 0 spiro atoms. The molecule has 0 bridgehead atoms. The summed E-state index contributed by atoms with van der Waals surface area (Å²) in [7, 11) is -3.47. The number of halogens is 1. The second-order valence-electron chi connectivity index (χ2n) is 3.01. The fraction of sp³-hybridized carbons (Fsp3) is 0.333. The Morgan fingerprint density at radius 2 is 2.27 bits per heavy atom. The molecule has 1 aromatic rings. The van der Waals surface area contributed by atoms with Crippen LogP contribution >= 0.6 is 11.6 Å². The highest BCUT2D eigenvalue weighted by Gasteiger charge is 2.23. The number of hydrogen-bond acceptors (Lipinski definition) is 4. The van der Waals surface area contributed by atoms with Crippen LogP contribution in [0.4, 0.5) is 0 Å². The van der Waals surface area contributed by atoms with Gasteiger partial charge in [0.15, 0.2) is 14.9 Å². The number of pyridine rings is 1. The molecule has 1 unspecified atom stereocenters. The van der Waals surface area contributed by atoms with E-state index >= 15 is 0 Å². The first-order valence-electron chi connectivity index (χ1n) is 4.18. The molecule has 0 saturated heterocycles. The van der Waals surface area contributed by atoms with Gasteiger partial charge in [0, 0.05) is 12.1 Å². The Morgan fingerprint density at radius 1 is 1.60 bits per heavy atom. The second-order valence-corrected chi connectivity index (χ2v) is 5.63. The van der Waals surface area contributed by atoms with Crippen LogP contribution in [0, 0.1) is 11.3 Å². The minimum atomic E-state index is -3.47. The molecule has 0 amide bonds. The van der Waals surface area contributed by atoms with Gasteiger partial charge in [-0.05, 0) is 19.1 Å². The van der Waals surface area contributed by atoms with Crippen molar-refractivity contribution in [2.45, 2.75) is 17.2 Å². The third-order valence-electron chi connectivity index (χ3n) is 1.90. The molecular formula is C9H9ClN2O2S. The van der Waals surface area contributed by atoms with Crippen molar-refractivity contribution in [2.24, 2.45) is 0 Å². The van der Waals surface area contributed by atoms with Crippen molar-refractivity contribution >= 4 is 21.4 Å². The maximum atomic E-state index is 11.7. The van der Waals surface area contributed by atoms with Crippen molar-refractivity contribution in [2.75, 3.05) is 5.88 Å². The van der Waals surface area contributed by atoms with Crippen LogP contribution in [0.3, 0.4) is 0 Å². The molecule has 80 valence electrons.